The topological polar surface area (TPSA) is 94.1 Å². The number of carbonyl (C=O) groups excluding carboxylic acids is 2. The summed E-state index contributed by atoms with van der Waals surface area (Å²) in [5, 5.41) is 0. The molecule has 26 heavy (non-hydrogen) atoms. The molecule has 0 aliphatic carbocycles. The monoisotopic (exact) mass is 355 g/mol. The van der Waals surface area contributed by atoms with E-state index in [9.17, 15) is 14.4 Å². The lowest BCUT2D eigenvalue weighted by molar-refractivity contribution is 0.0598. The maximum atomic E-state index is 12.6. The third-order valence-electron chi connectivity index (χ3n) is 3.96. The number of esters is 1. The summed E-state index contributed by atoms with van der Waals surface area (Å²) in [6, 6.07) is 6.65. The smallest absolute Gasteiger partial charge is 0.341 e. The molecule has 0 bridgehead atoms. The van der Waals surface area contributed by atoms with Crippen molar-refractivity contribution in [2.75, 3.05) is 14.2 Å². The lowest BCUT2D eigenvalue weighted by atomic mass is 10.2. The molecule has 0 unspecified atom stereocenters. The SMILES string of the molecule is COC(=O)c1cc(CN(C)C(=O)c2cnc3ccccn3c2=O)oc1C. The molecule has 3 rings (SSSR count). The Morgan fingerprint density at radius 3 is 2.81 bits per heavy atom. The number of aromatic nitrogens is 2. The Bertz CT molecular complexity index is 1050. The first-order valence-corrected chi connectivity index (χ1v) is 7.82. The lowest BCUT2D eigenvalue weighted by Gasteiger charge is -2.15. The van der Waals surface area contributed by atoms with Crippen molar-refractivity contribution in [3.8, 4) is 0 Å². The van der Waals surface area contributed by atoms with Gasteiger partial charge >= 0.3 is 5.97 Å². The van der Waals surface area contributed by atoms with Crippen LogP contribution in [-0.4, -0.2) is 40.3 Å². The first-order chi connectivity index (χ1) is 12.4. The van der Waals surface area contributed by atoms with Gasteiger partial charge in [-0.05, 0) is 25.1 Å². The highest BCUT2D eigenvalue weighted by Crippen LogP contribution is 2.17. The zero-order valence-electron chi connectivity index (χ0n) is 14.6. The van der Waals surface area contributed by atoms with Crippen LogP contribution in [0.4, 0.5) is 0 Å². The maximum absolute atomic E-state index is 12.6. The highest BCUT2D eigenvalue weighted by Gasteiger charge is 2.21. The van der Waals surface area contributed by atoms with Crippen LogP contribution in [0.15, 0.2) is 45.9 Å². The Kier molecular flexibility index (Phi) is 4.57. The summed E-state index contributed by atoms with van der Waals surface area (Å²) in [7, 11) is 2.82. The minimum Gasteiger partial charge on any atom is -0.465 e. The summed E-state index contributed by atoms with van der Waals surface area (Å²) >= 11 is 0. The van der Waals surface area contributed by atoms with E-state index >= 15 is 0 Å². The van der Waals surface area contributed by atoms with E-state index in [0.717, 1.165) is 0 Å². The summed E-state index contributed by atoms with van der Waals surface area (Å²) in [5.74, 6) is -0.189. The number of rotatable bonds is 4. The largest absolute Gasteiger partial charge is 0.465 e. The van der Waals surface area contributed by atoms with Gasteiger partial charge in [-0.25, -0.2) is 9.78 Å². The molecule has 8 heteroatoms. The highest BCUT2D eigenvalue weighted by molar-refractivity contribution is 5.93. The van der Waals surface area contributed by atoms with Crippen LogP contribution in [0.5, 0.6) is 0 Å². The fourth-order valence-electron chi connectivity index (χ4n) is 2.62. The van der Waals surface area contributed by atoms with Gasteiger partial charge in [0.05, 0.1) is 13.7 Å². The van der Waals surface area contributed by atoms with Gasteiger partial charge in [0.15, 0.2) is 0 Å². The number of aryl methyl sites for hydroxylation is 1. The van der Waals surface area contributed by atoms with E-state index in [2.05, 4.69) is 9.72 Å². The molecule has 3 heterocycles. The molecule has 0 spiro atoms. The Balaban J connectivity index is 1.86. The number of hydrogen-bond donors (Lipinski definition) is 0. The average molecular weight is 355 g/mol. The second-order valence-corrected chi connectivity index (χ2v) is 5.74. The van der Waals surface area contributed by atoms with Crippen molar-refractivity contribution in [1.29, 1.82) is 0 Å². The molecule has 0 aliphatic heterocycles. The Morgan fingerprint density at radius 2 is 2.08 bits per heavy atom. The Labute approximate surface area is 148 Å². The number of ether oxygens (including phenoxy) is 1. The van der Waals surface area contributed by atoms with Crippen LogP contribution in [0.25, 0.3) is 5.65 Å². The van der Waals surface area contributed by atoms with Crippen molar-refractivity contribution in [3.05, 3.63) is 69.7 Å². The molecule has 1 amide bonds. The van der Waals surface area contributed by atoms with Gasteiger partial charge in [0, 0.05) is 19.4 Å². The van der Waals surface area contributed by atoms with E-state index in [1.54, 1.807) is 31.3 Å². The number of nitrogens with zero attached hydrogens (tertiary/aromatic N) is 3. The zero-order chi connectivity index (χ0) is 18.8. The molecule has 0 radical (unpaired) electrons. The molecule has 0 fully saturated rings. The quantitative estimate of drug-likeness (QED) is 0.661. The van der Waals surface area contributed by atoms with Crippen LogP contribution in [-0.2, 0) is 11.3 Å². The van der Waals surface area contributed by atoms with E-state index in [-0.39, 0.29) is 12.1 Å². The molecule has 3 aromatic rings. The number of amides is 1. The lowest BCUT2D eigenvalue weighted by Crippen LogP contribution is -2.32. The number of hydrogen-bond acceptors (Lipinski definition) is 6. The third-order valence-corrected chi connectivity index (χ3v) is 3.96. The van der Waals surface area contributed by atoms with Gasteiger partial charge in [-0.15, -0.1) is 0 Å². The summed E-state index contributed by atoms with van der Waals surface area (Å²) < 4.78 is 11.5. The normalized spacial score (nSPS) is 10.7. The number of furan rings is 1. The van der Waals surface area contributed by atoms with Crippen molar-refractivity contribution in [3.63, 3.8) is 0 Å². The molecule has 0 aromatic carbocycles. The van der Waals surface area contributed by atoms with Gasteiger partial charge in [0.2, 0.25) is 0 Å². The minimum atomic E-state index is -0.511. The third kappa shape index (κ3) is 3.08. The van der Waals surface area contributed by atoms with Gasteiger partial charge in [0.1, 0.15) is 28.3 Å². The predicted octanol–water partition coefficient (Wildman–Crippen LogP) is 1.65. The van der Waals surface area contributed by atoms with Crippen molar-refractivity contribution in [2.24, 2.45) is 0 Å². The number of methoxy groups -OCH3 is 1. The van der Waals surface area contributed by atoms with Crippen molar-refractivity contribution in [1.82, 2.24) is 14.3 Å². The summed E-state index contributed by atoms with van der Waals surface area (Å²) in [4.78, 5) is 42.2. The van der Waals surface area contributed by atoms with E-state index < -0.39 is 17.4 Å². The number of pyridine rings is 1. The Hall–Kier alpha value is -3.42. The molecule has 0 N–H and O–H groups in total. The molecule has 8 nitrogen and oxygen atoms in total. The van der Waals surface area contributed by atoms with Gasteiger partial charge in [-0.1, -0.05) is 6.07 Å². The van der Waals surface area contributed by atoms with E-state index in [0.29, 0.717) is 22.7 Å². The van der Waals surface area contributed by atoms with Crippen LogP contribution in [0.2, 0.25) is 0 Å². The molecule has 134 valence electrons. The van der Waals surface area contributed by atoms with Crippen LogP contribution >= 0.6 is 0 Å². The second kappa shape index (κ2) is 6.83. The van der Waals surface area contributed by atoms with Gasteiger partial charge < -0.3 is 14.1 Å². The van der Waals surface area contributed by atoms with E-state index in [1.807, 2.05) is 0 Å². The highest BCUT2D eigenvalue weighted by atomic mass is 16.5. The summed E-state index contributed by atoms with van der Waals surface area (Å²) in [6.45, 7) is 1.73. The van der Waals surface area contributed by atoms with Gasteiger partial charge in [0.25, 0.3) is 11.5 Å². The van der Waals surface area contributed by atoms with Crippen molar-refractivity contribution < 1.29 is 18.7 Å². The van der Waals surface area contributed by atoms with Crippen molar-refractivity contribution in [2.45, 2.75) is 13.5 Å². The summed E-state index contributed by atoms with van der Waals surface area (Å²) in [5.41, 5.74) is 0.267. The molecule has 0 saturated heterocycles. The van der Waals surface area contributed by atoms with Gasteiger partial charge in [-0.3, -0.25) is 14.0 Å². The second-order valence-electron chi connectivity index (χ2n) is 5.74. The molecule has 0 atom stereocenters. The van der Waals surface area contributed by atoms with E-state index in [1.165, 1.54) is 35.7 Å². The molecule has 0 saturated carbocycles. The maximum Gasteiger partial charge on any atom is 0.341 e. The van der Waals surface area contributed by atoms with E-state index in [4.69, 9.17) is 4.42 Å². The van der Waals surface area contributed by atoms with Gasteiger partial charge in [-0.2, -0.15) is 0 Å². The minimum absolute atomic E-state index is 0.0485. The number of fused-ring (bicyclic) bond motifs is 1. The summed E-state index contributed by atoms with van der Waals surface area (Å²) in [6.07, 6.45) is 2.82. The molecule has 3 aromatic heterocycles. The number of carbonyl (C=O) groups is 2. The van der Waals surface area contributed by atoms with Crippen molar-refractivity contribution >= 4 is 17.5 Å². The first-order valence-electron chi connectivity index (χ1n) is 7.82. The zero-order valence-corrected chi connectivity index (χ0v) is 14.6. The predicted molar refractivity (Wildman–Crippen MR) is 92.0 cm³/mol. The van der Waals surface area contributed by atoms with Crippen LogP contribution < -0.4 is 5.56 Å². The molecular formula is C18H17N3O5. The van der Waals surface area contributed by atoms with Crippen LogP contribution in [0.1, 0.15) is 32.2 Å². The molecule has 0 aliphatic rings. The molecular weight excluding hydrogens is 338 g/mol. The Morgan fingerprint density at radius 1 is 1.31 bits per heavy atom. The standard InChI is InChI=1S/C18H17N3O5/c1-11-13(18(24)25-3)8-12(26-11)10-20(2)16(22)14-9-19-15-6-4-5-7-21(15)17(14)23/h4-9H,10H2,1-3H3. The van der Waals surface area contributed by atoms with Crippen LogP contribution in [0, 0.1) is 6.92 Å². The average Bonchev–Trinajstić information content (AvgIpc) is 3.01. The van der Waals surface area contributed by atoms with Crippen LogP contribution in [0.3, 0.4) is 0 Å². The fourth-order valence-corrected chi connectivity index (χ4v) is 2.62. The fraction of sp³-hybridized carbons (Fsp3) is 0.222. The first kappa shape index (κ1) is 17.4.